The quantitative estimate of drug-likeness (QED) is 0.560. The lowest BCUT2D eigenvalue weighted by Crippen LogP contribution is -2.04. The van der Waals surface area contributed by atoms with Crippen LogP contribution >= 0.6 is 22.9 Å². The van der Waals surface area contributed by atoms with Crippen molar-refractivity contribution in [3.8, 4) is 11.3 Å². The van der Waals surface area contributed by atoms with E-state index in [-0.39, 0.29) is 5.91 Å². The van der Waals surface area contributed by atoms with Gasteiger partial charge in [0.2, 0.25) is 5.91 Å². The van der Waals surface area contributed by atoms with Crippen LogP contribution in [0, 0.1) is 6.92 Å². The number of carbonyl (C=O) groups excluding carboxylic acids is 1. The fraction of sp³-hybridized carbons (Fsp3) is 0.111. The van der Waals surface area contributed by atoms with Gasteiger partial charge in [-0.2, -0.15) is 0 Å². The molecule has 0 saturated carbocycles. The van der Waals surface area contributed by atoms with Gasteiger partial charge in [-0.25, -0.2) is 4.98 Å². The first-order chi connectivity index (χ1) is 12.0. The average molecular weight is 371 g/mol. The number of anilines is 1. The number of aromatic nitrogens is 1. The Kier molecular flexibility index (Phi) is 5.21. The summed E-state index contributed by atoms with van der Waals surface area (Å²) >= 11 is 7.16. The Morgan fingerprint density at radius 2 is 1.76 bits per heavy atom. The van der Waals surface area contributed by atoms with E-state index in [0.717, 1.165) is 11.1 Å². The summed E-state index contributed by atoms with van der Waals surface area (Å²) in [6.45, 7) is 3.47. The highest BCUT2D eigenvalue weighted by molar-refractivity contribution is 7.19. The molecule has 2 aromatic carbocycles. The van der Waals surface area contributed by atoms with Gasteiger partial charge < -0.3 is 5.32 Å². The van der Waals surface area contributed by atoms with Crippen LogP contribution in [0.2, 0.25) is 5.02 Å². The molecule has 0 atom stereocenters. The molecule has 25 heavy (non-hydrogen) atoms. The first-order valence-corrected chi connectivity index (χ1v) is 8.73. The molecule has 7 heteroatoms. The van der Waals surface area contributed by atoms with Gasteiger partial charge in [-0.3, -0.25) is 4.79 Å². The van der Waals surface area contributed by atoms with E-state index >= 15 is 0 Å². The minimum atomic E-state index is -0.176. The summed E-state index contributed by atoms with van der Waals surface area (Å²) in [5.41, 5.74) is 3.45. The zero-order valence-electron chi connectivity index (χ0n) is 13.7. The summed E-state index contributed by atoms with van der Waals surface area (Å²) in [5.74, 6) is -0.176. The van der Waals surface area contributed by atoms with Crippen LogP contribution in [0.1, 0.15) is 12.5 Å². The molecule has 0 aliphatic heterocycles. The van der Waals surface area contributed by atoms with Crippen LogP contribution in [0.3, 0.4) is 0 Å². The largest absolute Gasteiger partial charge is 0.302 e. The number of azo groups is 1. The number of nitrogens with zero attached hydrogens (tertiary/aromatic N) is 3. The van der Waals surface area contributed by atoms with Crippen LogP contribution in [0.15, 0.2) is 58.8 Å². The molecule has 1 heterocycles. The Balaban J connectivity index is 1.98. The zero-order chi connectivity index (χ0) is 17.8. The summed E-state index contributed by atoms with van der Waals surface area (Å²) in [4.78, 5) is 15.8. The molecule has 0 bridgehead atoms. The van der Waals surface area contributed by atoms with Gasteiger partial charge in [-0.05, 0) is 31.2 Å². The lowest BCUT2D eigenvalue weighted by molar-refractivity contribution is -0.114. The van der Waals surface area contributed by atoms with E-state index in [9.17, 15) is 4.79 Å². The summed E-state index contributed by atoms with van der Waals surface area (Å²) in [7, 11) is 0. The predicted molar refractivity (Wildman–Crippen MR) is 102 cm³/mol. The second-order valence-corrected chi connectivity index (χ2v) is 6.81. The van der Waals surface area contributed by atoms with Crippen LogP contribution in [0.4, 0.5) is 15.8 Å². The monoisotopic (exact) mass is 370 g/mol. The predicted octanol–water partition coefficient (Wildman–Crippen LogP) is 6.15. The van der Waals surface area contributed by atoms with E-state index in [1.165, 1.54) is 18.3 Å². The highest BCUT2D eigenvalue weighted by Gasteiger charge is 2.14. The summed E-state index contributed by atoms with van der Waals surface area (Å²) in [6.07, 6.45) is 0. The molecule has 0 radical (unpaired) electrons. The Morgan fingerprint density at radius 3 is 2.40 bits per heavy atom. The minimum Gasteiger partial charge on any atom is -0.302 e. The molecule has 0 spiro atoms. The molecule has 126 valence electrons. The van der Waals surface area contributed by atoms with Crippen LogP contribution in [-0.2, 0) is 4.79 Å². The third kappa shape index (κ3) is 4.49. The maximum atomic E-state index is 11.3. The second kappa shape index (κ2) is 7.55. The topological polar surface area (TPSA) is 66.7 Å². The number of benzene rings is 2. The van der Waals surface area contributed by atoms with Crippen LogP contribution in [0.5, 0.6) is 0 Å². The van der Waals surface area contributed by atoms with Crippen molar-refractivity contribution in [1.29, 1.82) is 0 Å². The summed E-state index contributed by atoms with van der Waals surface area (Å²) in [6, 6.07) is 15.0. The standard InChI is InChI=1S/C18H15ClN4OS/c1-11-3-5-13(6-4-11)16-17(25-18(21-16)20-12(2)24)23-22-15-9-7-14(19)8-10-15/h3-10H,1-2H3,(H,20,21,24). The van der Waals surface area contributed by atoms with E-state index in [4.69, 9.17) is 11.6 Å². The van der Waals surface area contributed by atoms with E-state index in [2.05, 4.69) is 20.5 Å². The fourth-order valence-corrected chi connectivity index (χ4v) is 3.08. The van der Waals surface area contributed by atoms with Crippen molar-refractivity contribution in [2.75, 3.05) is 5.32 Å². The molecule has 1 N–H and O–H groups in total. The molecule has 0 fully saturated rings. The first-order valence-electron chi connectivity index (χ1n) is 7.54. The highest BCUT2D eigenvalue weighted by atomic mass is 35.5. The van der Waals surface area contributed by atoms with Crippen LogP contribution < -0.4 is 5.32 Å². The van der Waals surface area contributed by atoms with Gasteiger partial charge in [-0.15, -0.1) is 10.2 Å². The van der Waals surface area contributed by atoms with Crippen molar-refractivity contribution >= 4 is 44.7 Å². The number of aryl methyl sites for hydroxylation is 1. The van der Waals surface area contributed by atoms with E-state index in [1.807, 2.05) is 31.2 Å². The summed E-state index contributed by atoms with van der Waals surface area (Å²) < 4.78 is 0. The maximum Gasteiger partial charge on any atom is 0.223 e. The van der Waals surface area contributed by atoms with Gasteiger partial charge in [0.05, 0.1) is 5.69 Å². The lowest BCUT2D eigenvalue weighted by Gasteiger charge is -1.99. The molecular formula is C18H15ClN4OS. The Bertz CT molecular complexity index is 917. The molecule has 3 rings (SSSR count). The van der Waals surface area contributed by atoms with Gasteiger partial charge >= 0.3 is 0 Å². The normalized spacial score (nSPS) is 11.0. The molecule has 3 aromatic rings. The van der Waals surface area contributed by atoms with Gasteiger partial charge in [-0.1, -0.05) is 52.8 Å². The third-order valence-electron chi connectivity index (χ3n) is 3.30. The van der Waals surface area contributed by atoms with E-state index in [1.54, 1.807) is 24.3 Å². The fourth-order valence-electron chi connectivity index (χ4n) is 2.09. The van der Waals surface area contributed by atoms with Crippen LogP contribution in [0.25, 0.3) is 11.3 Å². The second-order valence-electron chi connectivity index (χ2n) is 5.40. The average Bonchev–Trinajstić information content (AvgIpc) is 2.97. The van der Waals surface area contributed by atoms with Crippen molar-refractivity contribution in [1.82, 2.24) is 4.98 Å². The Hall–Kier alpha value is -2.57. The van der Waals surface area contributed by atoms with Crippen LogP contribution in [-0.4, -0.2) is 10.9 Å². The molecule has 1 amide bonds. The number of halogens is 1. The number of hydrogen-bond acceptors (Lipinski definition) is 5. The number of hydrogen-bond donors (Lipinski definition) is 1. The number of nitrogens with one attached hydrogen (secondary N) is 1. The number of amides is 1. The van der Waals surface area contributed by atoms with Gasteiger partial charge in [0.15, 0.2) is 10.1 Å². The summed E-state index contributed by atoms with van der Waals surface area (Å²) in [5, 5.41) is 13.0. The van der Waals surface area contributed by atoms with E-state index < -0.39 is 0 Å². The molecular weight excluding hydrogens is 356 g/mol. The molecule has 5 nitrogen and oxygen atoms in total. The highest BCUT2D eigenvalue weighted by Crippen LogP contribution is 2.39. The molecule has 0 unspecified atom stereocenters. The van der Waals surface area contributed by atoms with Crippen molar-refractivity contribution in [3.05, 3.63) is 59.1 Å². The lowest BCUT2D eigenvalue weighted by atomic mass is 10.1. The van der Waals surface area contributed by atoms with Crippen molar-refractivity contribution in [2.45, 2.75) is 13.8 Å². The molecule has 1 aromatic heterocycles. The molecule has 0 aliphatic rings. The van der Waals surface area contributed by atoms with Gasteiger partial charge in [0, 0.05) is 17.5 Å². The van der Waals surface area contributed by atoms with Crippen molar-refractivity contribution in [2.24, 2.45) is 10.2 Å². The Labute approximate surface area is 154 Å². The van der Waals surface area contributed by atoms with Crippen molar-refractivity contribution < 1.29 is 4.79 Å². The SMILES string of the molecule is CC(=O)Nc1nc(-c2ccc(C)cc2)c(N=Nc2ccc(Cl)cc2)s1. The number of rotatable bonds is 4. The molecule has 0 saturated heterocycles. The van der Waals surface area contributed by atoms with Gasteiger partial charge in [0.1, 0.15) is 5.69 Å². The maximum absolute atomic E-state index is 11.3. The Morgan fingerprint density at radius 1 is 1.08 bits per heavy atom. The zero-order valence-corrected chi connectivity index (χ0v) is 15.2. The van der Waals surface area contributed by atoms with E-state index in [0.29, 0.717) is 26.5 Å². The third-order valence-corrected chi connectivity index (χ3v) is 4.41. The minimum absolute atomic E-state index is 0.176. The smallest absolute Gasteiger partial charge is 0.223 e. The first kappa shape index (κ1) is 17.3. The van der Waals surface area contributed by atoms with Gasteiger partial charge in [0.25, 0.3) is 0 Å². The number of carbonyl (C=O) groups is 1. The van der Waals surface area contributed by atoms with Crippen molar-refractivity contribution in [3.63, 3.8) is 0 Å². The molecule has 0 aliphatic carbocycles. The number of thiazole rings is 1.